The van der Waals surface area contributed by atoms with Crippen molar-refractivity contribution in [3.05, 3.63) is 47.4 Å². The van der Waals surface area contributed by atoms with Gasteiger partial charge < -0.3 is 16.0 Å². The molecule has 34 heavy (non-hydrogen) atoms. The predicted molar refractivity (Wildman–Crippen MR) is 137 cm³/mol. The molecule has 1 atom stereocenters. The number of carbonyl (C=O) groups is 1. The third-order valence-electron chi connectivity index (χ3n) is 6.47. The minimum atomic E-state index is -0.292. The van der Waals surface area contributed by atoms with Crippen LogP contribution in [-0.4, -0.2) is 29.0 Å². The van der Waals surface area contributed by atoms with Crippen molar-refractivity contribution < 1.29 is 9.18 Å². The summed E-state index contributed by atoms with van der Waals surface area (Å²) in [6, 6.07) is 6.12. The second kappa shape index (κ2) is 14.5. The molecule has 0 spiro atoms. The van der Waals surface area contributed by atoms with Crippen LogP contribution in [0.5, 0.6) is 0 Å². The first kappa shape index (κ1) is 25.9. The summed E-state index contributed by atoms with van der Waals surface area (Å²) in [6.45, 7) is 4.27. The fourth-order valence-corrected chi connectivity index (χ4v) is 4.32. The van der Waals surface area contributed by atoms with Crippen molar-refractivity contribution in [1.29, 1.82) is 0 Å². The molecule has 3 rings (SSSR count). The zero-order chi connectivity index (χ0) is 24.0. The van der Waals surface area contributed by atoms with Gasteiger partial charge >= 0.3 is 0 Å². The van der Waals surface area contributed by atoms with E-state index in [1.807, 2.05) is 0 Å². The van der Waals surface area contributed by atoms with E-state index in [0.717, 1.165) is 43.8 Å². The van der Waals surface area contributed by atoms with Crippen molar-refractivity contribution in [2.45, 2.75) is 84.1 Å². The van der Waals surface area contributed by atoms with Crippen molar-refractivity contribution in [2.24, 2.45) is 5.92 Å². The topological polar surface area (TPSA) is 78.9 Å². The maximum atomic E-state index is 13.1. The molecule has 1 amide bonds. The highest BCUT2D eigenvalue weighted by molar-refractivity contribution is 5.98. The van der Waals surface area contributed by atoms with Gasteiger partial charge in [-0.05, 0) is 36.5 Å². The normalized spacial score (nSPS) is 18.9. The highest BCUT2D eigenvalue weighted by Crippen LogP contribution is 2.19. The van der Waals surface area contributed by atoms with Crippen LogP contribution in [-0.2, 0) is 6.54 Å². The Balaban J connectivity index is 1.62. The molecule has 1 unspecified atom stereocenters. The van der Waals surface area contributed by atoms with Gasteiger partial charge in [-0.1, -0.05) is 76.8 Å². The third kappa shape index (κ3) is 9.27. The molecule has 0 saturated carbocycles. The molecule has 2 aromatic rings. The molecule has 0 saturated heterocycles. The van der Waals surface area contributed by atoms with Gasteiger partial charge in [0.15, 0.2) is 0 Å². The van der Waals surface area contributed by atoms with Crippen LogP contribution < -0.4 is 16.0 Å². The molecule has 0 aliphatic carbocycles. The summed E-state index contributed by atoms with van der Waals surface area (Å²) in [7, 11) is 0. The van der Waals surface area contributed by atoms with E-state index in [0.29, 0.717) is 23.9 Å². The molecule has 2 heterocycles. The van der Waals surface area contributed by atoms with Gasteiger partial charge in [0.1, 0.15) is 17.2 Å². The zero-order valence-corrected chi connectivity index (χ0v) is 20.5. The molecule has 1 aliphatic rings. The summed E-state index contributed by atoms with van der Waals surface area (Å²) in [5, 5.41) is 9.57. The SMILES string of the molecule is CC1CCCCCCCCCNc2ncc(C(=O)NCc3ccc(F)cc3)c(n2)NCCCC1. The standard InChI is InChI=1S/C27H40FN5O/c1-21-11-7-5-3-2-4-6-9-18-30-27-32-20-24(25(33-27)29-17-10-8-12-21)26(34)31-19-22-13-15-23(28)16-14-22/h13-16,20-21H,2-12,17-19H2,1H3,(H,31,34)(H2,29,30,32,33). The third-order valence-corrected chi connectivity index (χ3v) is 6.47. The first-order valence-electron chi connectivity index (χ1n) is 13.0. The van der Waals surface area contributed by atoms with Crippen LogP contribution in [0.2, 0.25) is 0 Å². The number of nitrogens with zero attached hydrogens (tertiary/aromatic N) is 2. The predicted octanol–water partition coefficient (Wildman–Crippen LogP) is 6.31. The van der Waals surface area contributed by atoms with Gasteiger partial charge in [-0.3, -0.25) is 4.79 Å². The molecule has 0 radical (unpaired) electrons. The molecule has 2 bridgehead atoms. The maximum absolute atomic E-state index is 13.1. The summed E-state index contributed by atoms with van der Waals surface area (Å²) in [6.07, 6.45) is 15.3. The minimum Gasteiger partial charge on any atom is -0.369 e. The molecule has 186 valence electrons. The lowest BCUT2D eigenvalue weighted by molar-refractivity contribution is 0.0951. The van der Waals surface area contributed by atoms with Gasteiger partial charge in [-0.25, -0.2) is 9.37 Å². The Hall–Kier alpha value is -2.70. The van der Waals surface area contributed by atoms with Gasteiger partial charge in [-0.2, -0.15) is 4.98 Å². The molecule has 0 fully saturated rings. The van der Waals surface area contributed by atoms with Crippen molar-refractivity contribution >= 4 is 17.7 Å². The minimum absolute atomic E-state index is 0.245. The summed E-state index contributed by atoms with van der Waals surface area (Å²) in [4.78, 5) is 21.9. The Morgan fingerprint density at radius 3 is 2.32 bits per heavy atom. The van der Waals surface area contributed by atoms with Crippen LogP contribution in [0.25, 0.3) is 0 Å². The lowest BCUT2D eigenvalue weighted by Gasteiger charge is -2.14. The number of hydrogen-bond donors (Lipinski definition) is 3. The van der Waals surface area contributed by atoms with E-state index < -0.39 is 0 Å². The molecular formula is C27H40FN5O. The Morgan fingerprint density at radius 1 is 0.941 bits per heavy atom. The number of amides is 1. The molecule has 1 aromatic heterocycles. The average molecular weight is 470 g/mol. The van der Waals surface area contributed by atoms with Crippen LogP contribution in [0, 0.1) is 11.7 Å². The smallest absolute Gasteiger partial charge is 0.256 e. The number of nitrogens with one attached hydrogen (secondary N) is 3. The number of benzene rings is 1. The van der Waals surface area contributed by atoms with Gasteiger partial charge in [-0.15, -0.1) is 0 Å². The average Bonchev–Trinajstić information content (AvgIpc) is 2.84. The fraction of sp³-hybridized carbons (Fsp3) is 0.593. The molecule has 1 aromatic carbocycles. The second-order valence-electron chi connectivity index (χ2n) is 9.48. The molecule has 7 heteroatoms. The van der Waals surface area contributed by atoms with Crippen molar-refractivity contribution in [2.75, 3.05) is 23.7 Å². The van der Waals surface area contributed by atoms with E-state index >= 15 is 0 Å². The highest BCUT2D eigenvalue weighted by Gasteiger charge is 2.15. The van der Waals surface area contributed by atoms with Crippen LogP contribution in [0.1, 0.15) is 93.5 Å². The van der Waals surface area contributed by atoms with Crippen LogP contribution >= 0.6 is 0 Å². The Kier molecular flexibility index (Phi) is 11.1. The fourth-order valence-electron chi connectivity index (χ4n) is 4.32. The zero-order valence-electron chi connectivity index (χ0n) is 20.5. The van der Waals surface area contributed by atoms with E-state index in [1.54, 1.807) is 18.3 Å². The monoisotopic (exact) mass is 469 g/mol. The second-order valence-corrected chi connectivity index (χ2v) is 9.48. The first-order chi connectivity index (χ1) is 16.6. The first-order valence-corrected chi connectivity index (χ1v) is 13.0. The van der Waals surface area contributed by atoms with Crippen molar-refractivity contribution in [3.8, 4) is 0 Å². The number of fused-ring (bicyclic) bond motifs is 2. The summed E-state index contributed by atoms with van der Waals surface area (Å²) >= 11 is 0. The van der Waals surface area contributed by atoms with Crippen molar-refractivity contribution in [1.82, 2.24) is 15.3 Å². The van der Waals surface area contributed by atoms with E-state index in [4.69, 9.17) is 0 Å². The Morgan fingerprint density at radius 2 is 1.56 bits per heavy atom. The van der Waals surface area contributed by atoms with E-state index in [9.17, 15) is 9.18 Å². The molecule has 6 nitrogen and oxygen atoms in total. The van der Waals surface area contributed by atoms with E-state index in [-0.39, 0.29) is 11.7 Å². The largest absolute Gasteiger partial charge is 0.369 e. The van der Waals surface area contributed by atoms with Gasteiger partial charge in [0.2, 0.25) is 5.95 Å². The van der Waals surface area contributed by atoms with E-state index in [1.165, 1.54) is 63.5 Å². The lowest BCUT2D eigenvalue weighted by Crippen LogP contribution is -2.25. The summed E-state index contributed by atoms with van der Waals surface area (Å²) in [5.41, 5.74) is 1.26. The van der Waals surface area contributed by atoms with Crippen LogP contribution in [0.4, 0.5) is 16.2 Å². The quantitative estimate of drug-likeness (QED) is 0.491. The van der Waals surface area contributed by atoms with Gasteiger partial charge in [0, 0.05) is 25.8 Å². The Bertz CT molecular complexity index is 874. The van der Waals surface area contributed by atoms with Gasteiger partial charge in [0.05, 0.1) is 0 Å². The van der Waals surface area contributed by atoms with Crippen LogP contribution in [0.15, 0.2) is 30.5 Å². The van der Waals surface area contributed by atoms with Crippen molar-refractivity contribution in [3.63, 3.8) is 0 Å². The summed E-state index contributed by atoms with van der Waals surface area (Å²) in [5.74, 6) is 1.33. The maximum Gasteiger partial charge on any atom is 0.256 e. The number of anilines is 2. The highest BCUT2D eigenvalue weighted by atomic mass is 19.1. The number of aromatic nitrogens is 2. The number of rotatable bonds is 3. The van der Waals surface area contributed by atoms with Gasteiger partial charge in [0.25, 0.3) is 5.91 Å². The molecular weight excluding hydrogens is 429 g/mol. The number of halogens is 1. The molecule has 1 aliphatic heterocycles. The molecule has 3 N–H and O–H groups in total. The van der Waals surface area contributed by atoms with E-state index in [2.05, 4.69) is 32.8 Å². The Labute approximate surface area is 203 Å². The lowest BCUT2D eigenvalue weighted by atomic mass is 9.96. The summed E-state index contributed by atoms with van der Waals surface area (Å²) < 4.78 is 13.1. The number of carbonyl (C=O) groups excluding carboxylic acids is 1. The number of hydrogen-bond acceptors (Lipinski definition) is 5. The van der Waals surface area contributed by atoms with Crippen LogP contribution in [0.3, 0.4) is 0 Å².